The smallest absolute Gasteiger partial charge is 0.253 e. The summed E-state index contributed by atoms with van der Waals surface area (Å²) in [7, 11) is 1.66. The van der Waals surface area contributed by atoms with Crippen molar-refractivity contribution in [2.45, 2.75) is 33.7 Å². The molecule has 0 aliphatic rings. The van der Waals surface area contributed by atoms with Crippen LogP contribution in [0.2, 0.25) is 0 Å². The van der Waals surface area contributed by atoms with Gasteiger partial charge in [-0.2, -0.15) is 0 Å². The molecule has 0 spiro atoms. The normalized spacial score (nSPS) is 11.1. The second-order valence-electron chi connectivity index (χ2n) is 8.38. The van der Waals surface area contributed by atoms with E-state index in [0.717, 1.165) is 5.56 Å². The number of hydrogen-bond donors (Lipinski definition) is 2. The molecule has 2 heterocycles. The topological polar surface area (TPSA) is 129 Å². The molecule has 0 saturated heterocycles. The van der Waals surface area contributed by atoms with Crippen LogP contribution in [-0.4, -0.2) is 44.6 Å². The van der Waals surface area contributed by atoms with Crippen molar-refractivity contribution in [3.8, 4) is 11.5 Å². The minimum atomic E-state index is -0.282. The minimum absolute atomic E-state index is 0.0296. The molecule has 1 unspecified atom stereocenters. The number of oxazole rings is 1. The Balaban J connectivity index is 0.00000195. The first-order valence-electron chi connectivity index (χ1n) is 12.3. The third kappa shape index (κ3) is 7.42. The second kappa shape index (κ2) is 13.6. The number of benzene rings is 2. The Bertz CT molecular complexity index is 1340. The predicted molar refractivity (Wildman–Crippen MR) is 146 cm³/mol. The molecule has 2 N–H and O–H groups in total. The summed E-state index contributed by atoms with van der Waals surface area (Å²) in [4.78, 5) is 27.2. The lowest BCUT2D eigenvalue weighted by Gasteiger charge is -2.18. The fourth-order valence-corrected chi connectivity index (χ4v) is 3.65. The first kappa shape index (κ1) is 27.9. The molecule has 9 heteroatoms. The van der Waals surface area contributed by atoms with Gasteiger partial charge < -0.3 is 14.1 Å². The van der Waals surface area contributed by atoms with Crippen LogP contribution in [0.25, 0.3) is 11.5 Å². The molecular formula is C29H32N6O3. The predicted octanol–water partition coefficient (Wildman–Crippen LogP) is 5.63. The van der Waals surface area contributed by atoms with Crippen molar-refractivity contribution in [1.82, 2.24) is 19.9 Å². The fraction of sp³-hybridized carbons (Fsp3) is 0.241. The average Bonchev–Trinajstić information content (AvgIpc) is 3.50. The summed E-state index contributed by atoms with van der Waals surface area (Å²) in [6, 6.07) is 14.7. The molecule has 2 aromatic heterocycles. The number of nitrogens with zero attached hydrogens (tertiary/aromatic N) is 4. The van der Waals surface area contributed by atoms with E-state index in [2.05, 4.69) is 15.0 Å². The van der Waals surface area contributed by atoms with Gasteiger partial charge >= 0.3 is 0 Å². The molecule has 38 heavy (non-hydrogen) atoms. The third-order valence-electron chi connectivity index (χ3n) is 5.53. The number of amides is 1. The van der Waals surface area contributed by atoms with Gasteiger partial charge in [0.2, 0.25) is 11.8 Å². The zero-order valence-corrected chi connectivity index (χ0v) is 22.0. The van der Waals surface area contributed by atoms with E-state index in [1.54, 1.807) is 43.8 Å². The highest BCUT2D eigenvalue weighted by molar-refractivity contribution is 6.03. The Hall–Kier alpha value is -4.66. The van der Waals surface area contributed by atoms with Gasteiger partial charge in [0.15, 0.2) is 5.90 Å². The Morgan fingerprint density at radius 2 is 1.76 bits per heavy atom. The maximum Gasteiger partial charge on any atom is 0.253 e. The lowest BCUT2D eigenvalue weighted by molar-refractivity contribution is 0.0783. The van der Waals surface area contributed by atoms with Gasteiger partial charge in [0.1, 0.15) is 6.26 Å². The van der Waals surface area contributed by atoms with Crippen LogP contribution in [0.4, 0.5) is 0 Å². The van der Waals surface area contributed by atoms with E-state index in [0.29, 0.717) is 34.7 Å². The first-order valence-corrected chi connectivity index (χ1v) is 12.3. The SMILES string of the molecule is CC.CC(Cc1ccccc1)C(=N)OC(=N)c1cc(C(=O)N(C)Cc2cnccn2)cc(-c2ncco2)c1. The van der Waals surface area contributed by atoms with Gasteiger partial charge in [0.05, 0.1) is 24.6 Å². The highest BCUT2D eigenvalue weighted by atomic mass is 16.5. The lowest BCUT2D eigenvalue weighted by Crippen LogP contribution is -2.27. The standard InChI is InChI=1S/C27H26N6O3.C2H6/c1-18(12-19-6-4-3-5-7-19)24(28)36-25(29)20-13-21(26-32-10-11-35-26)15-22(14-20)27(34)33(2)17-23-16-30-8-9-31-23;1-2/h3-11,13-16,18,28-29H,12,17H2,1-2H3;1-2H3. The minimum Gasteiger partial charge on any atom is -0.445 e. The van der Waals surface area contributed by atoms with Crippen LogP contribution < -0.4 is 0 Å². The summed E-state index contributed by atoms with van der Waals surface area (Å²) >= 11 is 0. The molecule has 0 saturated carbocycles. The van der Waals surface area contributed by atoms with Crippen LogP contribution in [0.3, 0.4) is 0 Å². The van der Waals surface area contributed by atoms with Gasteiger partial charge in [-0.1, -0.05) is 51.1 Å². The summed E-state index contributed by atoms with van der Waals surface area (Å²) < 4.78 is 11.0. The molecule has 9 nitrogen and oxygen atoms in total. The molecule has 1 amide bonds. The zero-order chi connectivity index (χ0) is 27.5. The third-order valence-corrected chi connectivity index (χ3v) is 5.53. The molecule has 0 radical (unpaired) electrons. The highest BCUT2D eigenvalue weighted by Gasteiger charge is 2.20. The summed E-state index contributed by atoms with van der Waals surface area (Å²) in [6.45, 7) is 6.14. The number of rotatable bonds is 8. The lowest BCUT2D eigenvalue weighted by atomic mass is 10.0. The van der Waals surface area contributed by atoms with Crippen molar-refractivity contribution >= 4 is 17.7 Å². The Morgan fingerprint density at radius 1 is 1.03 bits per heavy atom. The maximum absolute atomic E-state index is 13.3. The number of carbonyl (C=O) groups excluding carboxylic acids is 1. The van der Waals surface area contributed by atoms with E-state index in [9.17, 15) is 4.79 Å². The van der Waals surface area contributed by atoms with Crippen LogP contribution in [-0.2, 0) is 17.7 Å². The van der Waals surface area contributed by atoms with Crippen molar-refractivity contribution in [2.24, 2.45) is 5.92 Å². The molecule has 4 aromatic rings. The molecule has 196 valence electrons. The maximum atomic E-state index is 13.3. The van der Waals surface area contributed by atoms with Crippen LogP contribution in [0, 0.1) is 16.7 Å². The molecule has 0 fully saturated rings. The number of carbonyl (C=O) groups is 1. The number of ether oxygens (including phenoxy) is 1. The van der Waals surface area contributed by atoms with E-state index in [1.807, 2.05) is 51.1 Å². The Kier molecular flexibility index (Phi) is 9.99. The van der Waals surface area contributed by atoms with Crippen LogP contribution in [0.5, 0.6) is 0 Å². The zero-order valence-electron chi connectivity index (χ0n) is 22.0. The van der Waals surface area contributed by atoms with Crippen molar-refractivity contribution in [3.05, 3.63) is 102 Å². The van der Waals surface area contributed by atoms with Crippen molar-refractivity contribution in [3.63, 3.8) is 0 Å². The first-order chi connectivity index (χ1) is 18.4. The van der Waals surface area contributed by atoms with Gasteiger partial charge in [-0.25, -0.2) is 4.98 Å². The van der Waals surface area contributed by atoms with E-state index in [-0.39, 0.29) is 30.2 Å². The largest absolute Gasteiger partial charge is 0.445 e. The average molecular weight is 513 g/mol. The Morgan fingerprint density at radius 3 is 2.42 bits per heavy atom. The molecule has 0 aliphatic carbocycles. The summed E-state index contributed by atoms with van der Waals surface area (Å²) in [5.41, 5.74) is 2.90. The molecule has 4 rings (SSSR count). The van der Waals surface area contributed by atoms with Gasteiger partial charge in [0.25, 0.3) is 5.91 Å². The van der Waals surface area contributed by atoms with Crippen LogP contribution >= 0.6 is 0 Å². The molecule has 2 aromatic carbocycles. The fourth-order valence-electron chi connectivity index (χ4n) is 3.65. The second-order valence-corrected chi connectivity index (χ2v) is 8.38. The van der Waals surface area contributed by atoms with Crippen molar-refractivity contribution in [2.75, 3.05) is 7.05 Å². The molecule has 0 aliphatic heterocycles. The highest BCUT2D eigenvalue weighted by Crippen LogP contribution is 2.23. The number of nitrogens with one attached hydrogen (secondary N) is 2. The number of aromatic nitrogens is 3. The molecular weight excluding hydrogens is 480 g/mol. The van der Waals surface area contributed by atoms with Gasteiger partial charge in [-0.3, -0.25) is 25.6 Å². The van der Waals surface area contributed by atoms with Crippen molar-refractivity contribution in [1.29, 1.82) is 10.8 Å². The number of hydrogen-bond acceptors (Lipinski definition) is 8. The van der Waals surface area contributed by atoms with E-state index in [4.69, 9.17) is 20.0 Å². The van der Waals surface area contributed by atoms with Crippen LogP contribution in [0.15, 0.2) is 84.0 Å². The van der Waals surface area contributed by atoms with Gasteiger partial charge in [-0.15, -0.1) is 0 Å². The summed E-state index contributed by atoms with van der Waals surface area (Å²) in [6.07, 6.45) is 8.30. The summed E-state index contributed by atoms with van der Waals surface area (Å²) in [5, 5.41) is 16.9. The van der Waals surface area contributed by atoms with Crippen molar-refractivity contribution < 1.29 is 13.9 Å². The molecule has 1 atom stereocenters. The monoisotopic (exact) mass is 512 g/mol. The Labute approximate surface area is 222 Å². The van der Waals surface area contributed by atoms with Gasteiger partial charge in [0, 0.05) is 42.0 Å². The molecule has 0 bridgehead atoms. The van der Waals surface area contributed by atoms with Gasteiger partial charge in [-0.05, 0) is 30.2 Å². The quantitative estimate of drug-likeness (QED) is 0.233. The van der Waals surface area contributed by atoms with E-state index in [1.165, 1.54) is 17.4 Å². The van der Waals surface area contributed by atoms with E-state index >= 15 is 0 Å². The van der Waals surface area contributed by atoms with E-state index < -0.39 is 0 Å². The summed E-state index contributed by atoms with van der Waals surface area (Å²) in [5.74, 6) is -0.475. The van der Waals surface area contributed by atoms with Crippen LogP contribution in [0.1, 0.15) is 48.0 Å².